The first-order chi connectivity index (χ1) is 20.1. The molecule has 3 aliphatic rings. The van der Waals surface area contributed by atoms with Gasteiger partial charge in [-0.25, -0.2) is 0 Å². The number of benzene rings is 4. The first-order valence-electron chi connectivity index (χ1n) is 14.0. The molecule has 0 aromatic heterocycles. The first kappa shape index (κ1) is 25.1. The number of fused-ring (bicyclic) bond motifs is 2. The van der Waals surface area contributed by atoms with E-state index >= 15 is 0 Å². The van der Waals surface area contributed by atoms with Crippen LogP contribution in [0.5, 0.6) is 28.7 Å². The third kappa shape index (κ3) is 5.46. The van der Waals surface area contributed by atoms with Crippen molar-refractivity contribution in [1.29, 1.82) is 0 Å². The molecule has 6 nitrogen and oxygen atoms in total. The van der Waals surface area contributed by atoms with Gasteiger partial charge >= 0.3 is 0 Å². The van der Waals surface area contributed by atoms with Crippen molar-refractivity contribution in [3.05, 3.63) is 132 Å². The molecule has 0 radical (unpaired) electrons. The fourth-order valence-electron chi connectivity index (χ4n) is 5.40. The van der Waals surface area contributed by atoms with Gasteiger partial charge in [-0.3, -0.25) is 0 Å². The smallest absolute Gasteiger partial charge is 0.161 e. The molecule has 0 amide bonds. The van der Waals surface area contributed by atoms with Gasteiger partial charge in [0.15, 0.2) is 13.5 Å². The van der Waals surface area contributed by atoms with E-state index in [2.05, 4.69) is 65.3 Å². The van der Waals surface area contributed by atoms with Crippen molar-refractivity contribution in [2.75, 3.05) is 18.4 Å². The van der Waals surface area contributed by atoms with E-state index in [1.165, 1.54) is 11.1 Å². The lowest BCUT2D eigenvalue weighted by Gasteiger charge is -2.35. The zero-order valence-corrected chi connectivity index (χ0v) is 23.0. The second kappa shape index (κ2) is 10.6. The Morgan fingerprint density at radius 3 is 1.85 bits per heavy atom. The Hall–Kier alpha value is -4.84. The average molecular weight is 545 g/mol. The predicted molar refractivity (Wildman–Crippen MR) is 159 cm³/mol. The zero-order valence-electron chi connectivity index (χ0n) is 23.0. The SMILES string of the molecule is CC1(Oc2ccc(Oc3ccc(N4COc5ccccc5C4)cc3)cc2)C=CC(N2COc3ccccc3C2)=CC1. The molecule has 2 aliphatic heterocycles. The molecule has 7 rings (SSSR count). The van der Waals surface area contributed by atoms with E-state index in [4.69, 9.17) is 18.9 Å². The highest BCUT2D eigenvalue weighted by atomic mass is 16.5. The molecular formula is C35H32N2O4. The highest BCUT2D eigenvalue weighted by Gasteiger charge is 2.27. The van der Waals surface area contributed by atoms with Crippen molar-refractivity contribution in [3.8, 4) is 28.7 Å². The van der Waals surface area contributed by atoms with Crippen molar-refractivity contribution >= 4 is 5.69 Å². The maximum atomic E-state index is 6.39. The van der Waals surface area contributed by atoms with Gasteiger partial charge < -0.3 is 28.7 Å². The van der Waals surface area contributed by atoms with Crippen molar-refractivity contribution in [3.63, 3.8) is 0 Å². The number of para-hydroxylation sites is 2. The summed E-state index contributed by atoms with van der Waals surface area (Å²) < 4.78 is 24.3. The van der Waals surface area contributed by atoms with Gasteiger partial charge in [0.05, 0.1) is 0 Å². The summed E-state index contributed by atoms with van der Waals surface area (Å²) in [6.07, 6.45) is 7.28. The lowest BCUT2D eigenvalue weighted by atomic mass is 9.95. The molecule has 41 heavy (non-hydrogen) atoms. The minimum Gasteiger partial charge on any atom is -0.483 e. The van der Waals surface area contributed by atoms with Crippen LogP contribution in [0.25, 0.3) is 0 Å². The predicted octanol–water partition coefficient (Wildman–Crippen LogP) is 7.67. The molecule has 0 spiro atoms. The van der Waals surface area contributed by atoms with Crippen LogP contribution in [0.3, 0.4) is 0 Å². The monoisotopic (exact) mass is 544 g/mol. The van der Waals surface area contributed by atoms with Gasteiger partial charge in [-0.05, 0) is 79.7 Å². The fourth-order valence-corrected chi connectivity index (χ4v) is 5.40. The molecular weight excluding hydrogens is 512 g/mol. The van der Waals surface area contributed by atoms with E-state index in [1.54, 1.807) is 0 Å². The summed E-state index contributed by atoms with van der Waals surface area (Å²) in [6.45, 7) is 4.86. The summed E-state index contributed by atoms with van der Waals surface area (Å²) >= 11 is 0. The van der Waals surface area contributed by atoms with Gasteiger partial charge in [-0.15, -0.1) is 0 Å². The molecule has 0 fully saturated rings. The van der Waals surface area contributed by atoms with Crippen LogP contribution in [-0.4, -0.2) is 24.0 Å². The molecule has 1 atom stereocenters. The lowest BCUT2D eigenvalue weighted by Crippen LogP contribution is -2.35. The normalized spacial score (nSPS) is 19.3. The third-order valence-corrected chi connectivity index (χ3v) is 7.72. The minimum absolute atomic E-state index is 0.422. The Morgan fingerprint density at radius 2 is 1.22 bits per heavy atom. The molecule has 6 heteroatoms. The zero-order chi connectivity index (χ0) is 27.6. The Bertz CT molecular complexity index is 1600. The van der Waals surface area contributed by atoms with Crippen LogP contribution in [-0.2, 0) is 13.1 Å². The quantitative estimate of drug-likeness (QED) is 0.248. The van der Waals surface area contributed by atoms with Crippen LogP contribution < -0.4 is 23.8 Å². The topological polar surface area (TPSA) is 43.4 Å². The second-order valence-corrected chi connectivity index (χ2v) is 10.8. The maximum Gasteiger partial charge on any atom is 0.161 e. The van der Waals surface area contributed by atoms with Gasteiger partial charge in [-0.2, -0.15) is 0 Å². The molecule has 206 valence electrons. The van der Waals surface area contributed by atoms with Gasteiger partial charge in [0, 0.05) is 42.0 Å². The highest BCUT2D eigenvalue weighted by Crippen LogP contribution is 2.34. The summed E-state index contributed by atoms with van der Waals surface area (Å²) in [5.74, 6) is 4.28. The Balaban J connectivity index is 0.937. The van der Waals surface area contributed by atoms with E-state index in [9.17, 15) is 0 Å². The number of anilines is 1. The molecule has 2 heterocycles. The number of nitrogens with zero attached hydrogens (tertiary/aromatic N) is 2. The van der Waals surface area contributed by atoms with E-state index < -0.39 is 5.60 Å². The van der Waals surface area contributed by atoms with Crippen LogP contribution in [0.4, 0.5) is 5.69 Å². The molecule has 0 saturated carbocycles. The highest BCUT2D eigenvalue weighted by molar-refractivity contribution is 5.52. The molecule has 0 saturated heterocycles. The number of hydrogen-bond acceptors (Lipinski definition) is 6. The summed E-state index contributed by atoms with van der Waals surface area (Å²) in [6, 6.07) is 32.3. The molecule has 0 N–H and O–H groups in total. The third-order valence-electron chi connectivity index (χ3n) is 7.72. The van der Waals surface area contributed by atoms with Crippen LogP contribution >= 0.6 is 0 Å². The van der Waals surface area contributed by atoms with Crippen molar-refractivity contribution in [1.82, 2.24) is 4.90 Å². The standard InChI is InChI=1S/C35H32N2O4/c1-35(20-18-29(19-21-35)37-23-27-7-3-5-9-34(27)39-25-37)41-32-16-14-31(15-17-32)40-30-12-10-28(11-13-30)36-22-26-6-2-4-8-33(26)38-24-36/h2-20H,21-25H2,1H3. The number of ether oxygens (including phenoxy) is 4. The fraction of sp³-hybridized carbons (Fsp3) is 0.200. The maximum absolute atomic E-state index is 6.39. The summed E-state index contributed by atoms with van der Waals surface area (Å²) in [4.78, 5) is 4.45. The van der Waals surface area contributed by atoms with Crippen LogP contribution in [0.1, 0.15) is 24.5 Å². The summed E-state index contributed by atoms with van der Waals surface area (Å²) in [5.41, 5.74) is 4.23. The summed E-state index contributed by atoms with van der Waals surface area (Å²) in [5, 5.41) is 0. The Kier molecular flexibility index (Phi) is 6.51. The van der Waals surface area contributed by atoms with Crippen LogP contribution in [0.2, 0.25) is 0 Å². The second-order valence-electron chi connectivity index (χ2n) is 10.8. The first-order valence-corrected chi connectivity index (χ1v) is 14.0. The van der Waals surface area contributed by atoms with Crippen LogP contribution in [0.15, 0.2) is 121 Å². The number of hydrogen-bond donors (Lipinski definition) is 0. The summed E-state index contributed by atoms with van der Waals surface area (Å²) in [7, 11) is 0. The van der Waals surface area contributed by atoms with Crippen molar-refractivity contribution < 1.29 is 18.9 Å². The minimum atomic E-state index is -0.422. The van der Waals surface area contributed by atoms with Crippen molar-refractivity contribution in [2.45, 2.75) is 32.0 Å². The molecule has 4 aromatic carbocycles. The van der Waals surface area contributed by atoms with Gasteiger partial charge in [0.25, 0.3) is 0 Å². The Morgan fingerprint density at radius 1 is 0.659 bits per heavy atom. The van der Waals surface area contributed by atoms with E-state index in [-0.39, 0.29) is 0 Å². The van der Waals surface area contributed by atoms with E-state index in [0.717, 1.165) is 59.6 Å². The van der Waals surface area contributed by atoms with Crippen LogP contribution in [0, 0.1) is 0 Å². The lowest BCUT2D eigenvalue weighted by molar-refractivity contribution is 0.120. The van der Waals surface area contributed by atoms with Crippen molar-refractivity contribution in [2.24, 2.45) is 0 Å². The molecule has 1 aliphatic carbocycles. The largest absolute Gasteiger partial charge is 0.483 e. The molecule has 0 bridgehead atoms. The molecule has 4 aromatic rings. The molecule has 1 unspecified atom stereocenters. The Labute approximate surface area is 240 Å². The number of rotatable bonds is 6. The van der Waals surface area contributed by atoms with E-state index in [1.807, 2.05) is 66.7 Å². The van der Waals surface area contributed by atoms with E-state index in [0.29, 0.717) is 13.5 Å². The van der Waals surface area contributed by atoms with Gasteiger partial charge in [0.2, 0.25) is 0 Å². The number of allylic oxidation sites excluding steroid dienone is 1. The van der Waals surface area contributed by atoms with Gasteiger partial charge in [0.1, 0.15) is 34.3 Å². The van der Waals surface area contributed by atoms with Gasteiger partial charge in [-0.1, -0.05) is 42.5 Å². The average Bonchev–Trinajstić information content (AvgIpc) is 3.02.